The van der Waals surface area contributed by atoms with Crippen LogP contribution in [0.4, 0.5) is 0 Å². The van der Waals surface area contributed by atoms with E-state index in [0.717, 1.165) is 17.6 Å². The van der Waals surface area contributed by atoms with E-state index in [-0.39, 0.29) is 11.9 Å². The third-order valence-electron chi connectivity index (χ3n) is 3.02. The van der Waals surface area contributed by atoms with Crippen molar-refractivity contribution in [2.75, 3.05) is 27.2 Å². The van der Waals surface area contributed by atoms with Gasteiger partial charge >= 0.3 is 0 Å². The number of halogens is 1. The minimum atomic E-state index is 0.000787. The highest BCUT2D eigenvalue weighted by Crippen LogP contribution is 2.25. The molecule has 0 aliphatic carbocycles. The number of carbonyl (C=O) groups excluding carboxylic acids is 1. The second-order valence-electron chi connectivity index (χ2n) is 4.07. The molecule has 2 rings (SSSR count). The summed E-state index contributed by atoms with van der Waals surface area (Å²) in [7, 11) is 3.40. The third kappa shape index (κ3) is 2.45. The minimum absolute atomic E-state index is 0.000787. The van der Waals surface area contributed by atoms with E-state index in [1.54, 1.807) is 24.1 Å². The molecule has 0 aromatic heterocycles. The molecule has 1 saturated heterocycles. The predicted octanol–water partition coefficient (Wildman–Crippen LogP) is 1.50. The number of likely N-dealkylation sites (N-methyl/N-ethyl adjacent to an activating group) is 1. The highest BCUT2D eigenvalue weighted by molar-refractivity contribution is 9.10. The largest absolute Gasteiger partial charge is 0.496 e. The summed E-state index contributed by atoms with van der Waals surface area (Å²) in [5, 5.41) is 3.15. The van der Waals surface area contributed by atoms with Gasteiger partial charge in [0.25, 0.3) is 5.91 Å². The summed E-state index contributed by atoms with van der Waals surface area (Å²) in [6.45, 7) is 1.72. The molecule has 1 N–H and O–H groups in total. The summed E-state index contributed by atoms with van der Waals surface area (Å²) in [6, 6.07) is 5.73. The zero-order valence-corrected chi connectivity index (χ0v) is 11.5. The van der Waals surface area contributed by atoms with Crippen LogP contribution in [-0.2, 0) is 0 Å². The molecule has 5 heteroatoms. The van der Waals surface area contributed by atoms with E-state index in [9.17, 15) is 4.79 Å². The maximum atomic E-state index is 12.3. The van der Waals surface area contributed by atoms with E-state index in [0.29, 0.717) is 11.3 Å². The summed E-state index contributed by atoms with van der Waals surface area (Å²) >= 11 is 3.36. The average molecular weight is 299 g/mol. The Kier molecular flexibility index (Phi) is 3.69. The lowest BCUT2D eigenvalue weighted by Crippen LogP contribution is -2.57. The molecule has 0 spiro atoms. The van der Waals surface area contributed by atoms with Crippen LogP contribution in [0.1, 0.15) is 10.4 Å². The van der Waals surface area contributed by atoms with Gasteiger partial charge in [0.15, 0.2) is 0 Å². The van der Waals surface area contributed by atoms with Gasteiger partial charge in [-0.1, -0.05) is 15.9 Å². The van der Waals surface area contributed by atoms with Gasteiger partial charge in [-0.2, -0.15) is 0 Å². The highest BCUT2D eigenvalue weighted by Gasteiger charge is 2.27. The van der Waals surface area contributed by atoms with E-state index < -0.39 is 0 Å². The number of hydrogen-bond acceptors (Lipinski definition) is 3. The summed E-state index contributed by atoms with van der Waals surface area (Å²) in [4.78, 5) is 14.0. The van der Waals surface area contributed by atoms with Gasteiger partial charge < -0.3 is 15.0 Å². The van der Waals surface area contributed by atoms with Gasteiger partial charge in [-0.15, -0.1) is 0 Å². The first-order valence-corrected chi connectivity index (χ1v) is 6.24. The van der Waals surface area contributed by atoms with Crippen LogP contribution in [-0.4, -0.2) is 44.1 Å². The van der Waals surface area contributed by atoms with E-state index in [1.165, 1.54) is 0 Å². The molecule has 1 aromatic carbocycles. The van der Waals surface area contributed by atoms with E-state index in [1.807, 2.05) is 13.1 Å². The van der Waals surface area contributed by atoms with Gasteiger partial charge in [-0.25, -0.2) is 0 Å². The van der Waals surface area contributed by atoms with E-state index in [2.05, 4.69) is 21.2 Å². The smallest absolute Gasteiger partial charge is 0.257 e. The summed E-state index contributed by atoms with van der Waals surface area (Å²) < 4.78 is 6.14. The molecule has 1 amide bonds. The zero-order valence-electron chi connectivity index (χ0n) is 9.87. The first-order valence-electron chi connectivity index (χ1n) is 5.45. The Bertz CT molecular complexity index is 433. The van der Waals surface area contributed by atoms with Crippen molar-refractivity contribution in [1.82, 2.24) is 10.2 Å². The Hall–Kier alpha value is -1.07. The lowest BCUT2D eigenvalue weighted by atomic mass is 10.1. The number of rotatable bonds is 3. The lowest BCUT2D eigenvalue weighted by molar-refractivity contribution is 0.0678. The van der Waals surface area contributed by atoms with Crippen molar-refractivity contribution in [3.05, 3.63) is 28.2 Å². The summed E-state index contributed by atoms with van der Waals surface area (Å²) in [5.41, 5.74) is 0.602. The van der Waals surface area contributed by atoms with Gasteiger partial charge in [0.05, 0.1) is 18.7 Å². The third-order valence-corrected chi connectivity index (χ3v) is 3.52. The molecular formula is C12H15BrN2O2. The number of nitrogens with zero attached hydrogens (tertiary/aromatic N) is 1. The van der Waals surface area contributed by atoms with Crippen molar-refractivity contribution >= 4 is 21.8 Å². The number of ether oxygens (including phenoxy) is 1. The van der Waals surface area contributed by atoms with Crippen molar-refractivity contribution in [1.29, 1.82) is 0 Å². The fourth-order valence-electron chi connectivity index (χ4n) is 1.74. The number of amides is 1. The molecule has 92 valence electrons. The van der Waals surface area contributed by atoms with Gasteiger partial charge in [0.1, 0.15) is 5.75 Å². The van der Waals surface area contributed by atoms with Gasteiger partial charge in [-0.05, 0) is 18.2 Å². The van der Waals surface area contributed by atoms with E-state index >= 15 is 0 Å². The molecule has 1 fully saturated rings. The molecule has 0 bridgehead atoms. The van der Waals surface area contributed by atoms with Crippen LogP contribution >= 0.6 is 15.9 Å². The Morgan fingerprint density at radius 1 is 1.53 bits per heavy atom. The maximum Gasteiger partial charge on any atom is 0.257 e. The first-order chi connectivity index (χ1) is 8.13. The van der Waals surface area contributed by atoms with Crippen molar-refractivity contribution < 1.29 is 9.53 Å². The number of benzene rings is 1. The molecule has 1 aromatic rings. The standard InChI is InChI=1S/C12H15BrN2O2/c1-15(9-6-14-7-9)12(16)10-4-3-8(13)5-11(10)17-2/h3-5,9,14H,6-7H2,1-2H3. The lowest BCUT2D eigenvalue weighted by Gasteiger charge is -2.35. The second-order valence-corrected chi connectivity index (χ2v) is 4.99. The SMILES string of the molecule is COc1cc(Br)ccc1C(=O)N(C)C1CNC1. The Morgan fingerprint density at radius 2 is 2.24 bits per heavy atom. The highest BCUT2D eigenvalue weighted by atomic mass is 79.9. The van der Waals surface area contributed by atoms with Crippen LogP contribution in [0.25, 0.3) is 0 Å². The molecule has 0 saturated carbocycles. The maximum absolute atomic E-state index is 12.3. The Labute approximate surface area is 109 Å². The summed E-state index contributed by atoms with van der Waals surface area (Å²) in [5.74, 6) is 0.601. The molecule has 0 radical (unpaired) electrons. The van der Waals surface area contributed by atoms with Gasteiger partial charge in [0, 0.05) is 24.6 Å². The van der Waals surface area contributed by atoms with Gasteiger partial charge in [-0.3, -0.25) is 4.79 Å². The van der Waals surface area contributed by atoms with Crippen LogP contribution in [0.15, 0.2) is 22.7 Å². The van der Waals surface area contributed by atoms with Crippen LogP contribution in [0.3, 0.4) is 0 Å². The summed E-state index contributed by atoms with van der Waals surface area (Å²) in [6.07, 6.45) is 0. The Morgan fingerprint density at radius 3 is 2.76 bits per heavy atom. The molecule has 17 heavy (non-hydrogen) atoms. The number of nitrogens with one attached hydrogen (secondary N) is 1. The number of carbonyl (C=O) groups is 1. The Balaban J connectivity index is 2.23. The monoisotopic (exact) mass is 298 g/mol. The minimum Gasteiger partial charge on any atom is -0.496 e. The molecule has 1 heterocycles. The number of methoxy groups -OCH3 is 1. The fraction of sp³-hybridized carbons (Fsp3) is 0.417. The quantitative estimate of drug-likeness (QED) is 0.919. The normalized spacial score (nSPS) is 15.2. The molecule has 1 aliphatic rings. The van der Waals surface area contributed by atoms with E-state index in [4.69, 9.17) is 4.74 Å². The van der Waals surface area contributed by atoms with Crippen molar-refractivity contribution in [2.24, 2.45) is 0 Å². The molecule has 4 nitrogen and oxygen atoms in total. The first kappa shape index (κ1) is 12.4. The second kappa shape index (κ2) is 5.06. The topological polar surface area (TPSA) is 41.6 Å². The predicted molar refractivity (Wildman–Crippen MR) is 69.4 cm³/mol. The van der Waals surface area contributed by atoms with Crippen molar-refractivity contribution in [3.8, 4) is 5.75 Å². The zero-order chi connectivity index (χ0) is 12.4. The molecule has 0 atom stereocenters. The van der Waals surface area contributed by atoms with Crippen LogP contribution in [0.5, 0.6) is 5.75 Å². The van der Waals surface area contributed by atoms with Crippen LogP contribution in [0, 0.1) is 0 Å². The molecule has 0 unspecified atom stereocenters. The fourth-order valence-corrected chi connectivity index (χ4v) is 2.08. The van der Waals surface area contributed by atoms with Crippen LogP contribution < -0.4 is 10.1 Å². The number of hydrogen-bond donors (Lipinski definition) is 1. The molecular weight excluding hydrogens is 284 g/mol. The van der Waals surface area contributed by atoms with Crippen molar-refractivity contribution in [2.45, 2.75) is 6.04 Å². The van der Waals surface area contributed by atoms with Gasteiger partial charge in [0.2, 0.25) is 0 Å². The molecule has 1 aliphatic heterocycles. The van der Waals surface area contributed by atoms with Crippen LogP contribution in [0.2, 0.25) is 0 Å². The average Bonchev–Trinajstić information content (AvgIpc) is 2.25. The van der Waals surface area contributed by atoms with Crippen molar-refractivity contribution in [3.63, 3.8) is 0 Å².